The van der Waals surface area contributed by atoms with Gasteiger partial charge in [-0.1, -0.05) is 26.0 Å². The first-order valence-corrected chi connectivity index (χ1v) is 13.2. The van der Waals surface area contributed by atoms with Crippen LogP contribution in [0.1, 0.15) is 37.0 Å². The molecule has 0 aliphatic carbocycles. The Balaban J connectivity index is 1.37. The number of amides is 1. The van der Waals surface area contributed by atoms with Crippen molar-refractivity contribution in [1.29, 1.82) is 0 Å². The molecule has 2 aliphatic heterocycles. The minimum atomic E-state index is -0.637. The van der Waals surface area contributed by atoms with Gasteiger partial charge in [-0.2, -0.15) is 0 Å². The van der Waals surface area contributed by atoms with Gasteiger partial charge in [-0.3, -0.25) is 19.5 Å². The number of hydrogen-bond donors (Lipinski definition) is 0. The van der Waals surface area contributed by atoms with E-state index in [0.29, 0.717) is 24.2 Å². The maximum absolute atomic E-state index is 13.5. The lowest BCUT2D eigenvalue weighted by Crippen LogP contribution is -2.49. The van der Waals surface area contributed by atoms with Crippen LogP contribution in [-0.4, -0.2) is 92.5 Å². The first-order chi connectivity index (χ1) is 17.6. The van der Waals surface area contributed by atoms with Crippen LogP contribution >= 0.6 is 0 Å². The summed E-state index contributed by atoms with van der Waals surface area (Å²) in [5.74, 6) is 0.0989. The van der Waals surface area contributed by atoms with Gasteiger partial charge in [0.15, 0.2) is 5.78 Å². The van der Waals surface area contributed by atoms with E-state index in [1.807, 2.05) is 23.1 Å². The zero-order chi connectivity index (χ0) is 25.5. The van der Waals surface area contributed by atoms with Gasteiger partial charge in [0.25, 0.3) is 0 Å². The van der Waals surface area contributed by atoms with Gasteiger partial charge in [-0.05, 0) is 57.2 Å². The van der Waals surface area contributed by atoms with Crippen LogP contribution in [0.15, 0.2) is 42.7 Å². The SMILES string of the molecule is CCN(CC)CCCN1C(=O)C(CCN2CCN(c3ccccc3OC)CC2)C(=O)c2cnccc21. The minimum absolute atomic E-state index is 0.0640. The summed E-state index contributed by atoms with van der Waals surface area (Å²) in [6.07, 6.45) is 4.70. The number of carbonyl (C=O) groups is 2. The number of rotatable bonds is 11. The number of pyridine rings is 1. The number of carbonyl (C=O) groups excluding carboxylic acids is 2. The molecule has 1 atom stereocenters. The Morgan fingerprint density at radius 2 is 1.75 bits per heavy atom. The third-order valence-corrected chi connectivity index (χ3v) is 7.52. The highest BCUT2D eigenvalue weighted by Crippen LogP contribution is 2.32. The molecule has 0 radical (unpaired) electrons. The molecule has 8 heteroatoms. The Kier molecular flexibility index (Phi) is 8.93. The Morgan fingerprint density at radius 3 is 2.47 bits per heavy atom. The van der Waals surface area contributed by atoms with E-state index < -0.39 is 5.92 Å². The lowest BCUT2D eigenvalue weighted by Gasteiger charge is -2.38. The van der Waals surface area contributed by atoms with Crippen molar-refractivity contribution < 1.29 is 14.3 Å². The number of fused-ring (bicyclic) bond motifs is 1. The van der Waals surface area contributed by atoms with Crippen LogP contribution in [0.4, 0.5) is 11.4 Å². The maximum Gasteiger partial charge on any atom is 0.238 e. The molecule has 0 saturated carbocycles. The Hall–Kier alpha value is -2.97. The van der Waals surface area contributed by atoms with Gasteiger partial charge in [0.05, 0.1) is 24.0 Å². The molecule has 1 aromatic carbocycles. The summed E-state index contributed by atoms with van der Waals surface area (Å²) in [5.41, 5.74) is 2.40. The Labute approximate surface area is 214 Å². The van der Waals surface area contributed by atoms with Gasteiger partial charge >= 0.3 is 0 Å². The van der Waals surface area contributed by atoms with Gasteiger partial charge < -0.3 is 19.4 Å². The van der Waals surface area contributed by atoms with Gasteiger partial charge in [0.2, 0.25) is 5.91 Å². The van der Waals surface area contributed by atoms with E-state index in [9.17, 15) is 9.59 Å². The number of Topliss-reactive ketones (excluding diaryl/α,β-unsaturated/α-hetero) is 1. The number of nitrogens with zero attached hydrogens (tertiary/aromatic N) is 5. The second kappa shape index (κ2) is 12.3. The van der Waals surface area contributed by atoms with Crippen molar-refractivity contribution in [3.8, 4) is 5.75 Å². The van der Waals surface area contributed by atoms with E-state index in [1.165, 1.54) is 0 Å². The van der Waals surface area contributed by atoms with Gasteiger partial charge in [0.1, 0.15) is 11.7 Å². The Morgan fingerprint density at radius 1 is 1.00 bits per heavy atom. The molecule has 0 N–H and O–H groups in total. The number of anilines is 2. The fourth-order valence-corrected chi connectivity index (χ4v) is 5.31. The molecule has 4 rings (SSSR count). The van der Waals surface area contributed by atoms with Crippen LogP contribution in [0.5, 0.6) is 5.75 Å². The fourth-order valence-electron chi connectivity index (χ4n) is 5.31. The van der Waals surface area contributed by atoms with E-state index in [4.69, 9.17) is 4.74 Å². The third-order valence-electron chi connectivity index (χ3n) is 7.52. The number of ether oxygens (including phenoxy) is 1. The van der Waals surface area contributed by atoms with Crippen molar-refractivity contribution in [3.63, 3.8) is 0 Å². The molecule has 2 aromatic rings. The monoisotopic (exact) mass is 493 g/mol. The number of para-hydroxylation sites is 2. The van der Waals surface area contributed by atoms with E-state index in [0.717, 1.165) is 70.2 Å². The van der Waals surface area contributed by atoms with E-state index in [-0.39, 0.29) is 11.7 Å². The largest absolute Gasteiger partial charge is 0.495 e. The normalized spacial score (nSPS) is 18.6. The number of ketones is 1. The second-order valence-electron chi connectivity index (χ2n) is 9.47. The van der Waals surface area contributed by atoms with Crippen LogP contribution in [-0.2, 0) is 4.79 Å². The smallest absolute Gasteiger partial charge is 0.238 e. The summed E-state index contributed by atoms with van der Waals surface area (Å²) in [6, 6.07) is 9.90. The minimum Gasteiger partial charge on any atom is -0.495 e. The summed E-state index contributed by atoms with van der Waals surface area (Å²) in [7, 11) is 1.70. The second-order valence-corrected chi connectivity index (χ2v) is 9.47. The summed E-state index contributed by atoms with van der Waals surface area (Å²) >= 11 is 0. The maximum atomic E-state index is 13.5. The van der Waals surface area contributed by atoms with Crippen molar-refractivity contribution in [2.24, 2.45) is 5.92 Å². The molecule has 194 valence electrons. The van der Waals surface area contributed by atoms with Crippen LogP contribution in [0.2, 0.25) is 0 Å². The lowest BCUT2D eigenvalue weighted by atomic mass is 9.88. The predicted octanol–water partition coefficient (Wildman–Crippen LogP) is 3.18. The van der Waals surface area contributed by atoms with Crippen LogP contribution < -0.4 is 14.5 Å². The molecule has 2 aliphatic rings. The molecule has 1 fully saturated rings. The molecular formula is C28H39N5O3. The summed E-state index contributed by atoms with van der Waals surface area (Å²) < 4.78 is 5.53. The molecular weight excluding hydrogens is 454 g/mol. The third kappa shape index (κ3) is 5.71. The summed E-state index contributed by atoms with van der Waals surface area (Å²) in [4.78, 5) is 39.9. The highest BCUT2D eigenvalue weighted by Gasteiger charge is 2.39. The summed E-state index contributed by atoms with van der Waals surface area (Å²) in [5, 5.41) is 0. The predicted molar refractivity (Wildman–Crippen MR) is 143 cm³/mol. The number of piperazine rings is 1. The summed E-state index contributed by atoms with van der Waals surface area (Å²) in [6.45, 7) is 12.1. The molecule has 3 heterocycles. The molecule has 0 spiro atoms. The van der Waals surface area contributed by atoms with Crippen molar-refractivity contribution in [2.75, 3.05) is 75.8 Å². The van der Waals surface area contributed by atoms with Crippen molar-refractivity contribution in [1.82, 2.24) is 14.8 Å². The fraction of sp³-hybridized carbons (Fsp3) is 0.536. The highest BCUT2D eigenvalue weighted by molar-refractivity contribution is 6.21. The number of benzene rings is 1. The molecule has 1 amide bonds. The first-order valence-electron chi connectivity index (χ1n) is 13.2. The van der Waals surface area contributed by atoms with Gasteiger partial charge in [0, 0.05) is 45.1 Å². The Bertz CT molecular complexity index is 1030. The van der Waals surface area contributed by atoms with Crippen molar-refractivity contribution >= 4 is 23.1 Å². The van der Waals surface area contributed by atoms with Crippen molar-refractivity contribution in [2.45, 2.75) is 26.7 Å². The first kappa shape index (κ1) is 26.1. The lowest BCUT2D eigenvalue weighted by molar-refractivity contribution is -0.121. The molecule has 0 bridgehead atoms. The average Bonchev–Trinajstić information content (AvgIpc) is 2.93. The van der Waals surface area contributed by atoms with Gasteiger partial charge in [-0.25, -0.2) is 0 Å². The quantitative estimate of drug-likeness (QED) is 0.446. The molecule has 1 saturated heterocycles. The molecule has 1 unspecified atom stereocenters. The van der Waals surface area contributed by atoms with E-state index >= 15 is 0 Å². The number of hydrogen-bond acceptors (Lipinski definition) is 7. The zero-order valence-corrected chi connectivity index (χ0v) is 21.9. The average molecular weight is 494 g/mol. The van der Waals surface area contributed by atoms with E-state index in [1.54, 1.807) is 25.6 Å². The number of aromatic nitrogens is 1. The van der Waals surface area contributed by atoms with Crippen LogP contribution in [0, 0.1) is 5.92 Å². The van der Waals surface area contributed by atoms with E-state index in [2.05, 4.69) is 39.6 Å². The van der Waals surface area contributed by atoms with Crippen LogP contribution in [0.3, 0.4) is 0 Å². The van der Waals surface area contributed by atoms with Crippen molar-refractivity contribution in [3.05, 3.63) is 48.3 Å². The zero-order valence-electron chi connectivity index (χ0n) is 21.9. The van der Waals surface area contributed by atoms with Gasteiger partial charge in [-0.15, -0.1) is 0 Å². The highest BCUT2D eigenvalue weighted by atomic mass is 16.5. The molecule has 36 heavy (non-hydrogen) atoms. The molecule has 8 nitrogen and oxygen atoms in total. The standard InChI is InChI=1S/C28H39N5O3/c1-4-30(5-2)14-8-15-33-24-11-13-29-21-23(24)27(34)22(28(33)35)12-16-31-17-19-32(20-18-31)25-9-6-7-10-26(25)36-3/h6-7,9-11,13,21-22H,4-5,8,12,14-20H2,1-3H3. The topological polar surface area (TPSA) is 69.2 Å². The molecule has 1 aromatic heterocycles. The van der Waals surface area contributed by atoms with Crippen LogP contribution in [0.25, 0.3) is 0 Å². The number of methoxy groups -OCH3 is 1.